The summed E-state index contributed by atoms with van der Waals surface area (Å²) in [7, 11) is -3.51. The highest BCUT2D eigenvalue weighted by Crippen LogP contribution is 2.45. The van der Waals surface area contributed by atoms with Gasteiger partial charge in [-0.3, -0.25) is 4.18 Å². The number of rotatable bonds is 6. The Hall–Kier alpha value is 0.0900. The maximum Gasteiger partial charge on any atom is 0.265 e. The monoisotopic (exact) mass is 298 g/mol. The Morgan fingerprint density at radius 3 is 2.53 bits per heavy atom. The Balaban J connectivity index is 2.59. The standard InChI is InChI=1S/C9H15BrO4S/c1-7(6-10)5-8(11)9(3-4-9)14-15(2,12)13/h8,11H,1,3-6H2,2H3/t8-/m1/s1. The third-order valence-electron chi connectivity index (χ3n) is 2.34. The number of hydrogen-bond acceptors (Lipinski definition) is 4. The van der Waals surface area contributed by atoms with Crippen molar-refractivity contribution in [3.8, 4) is 0 Å². The van der Waals surface area contributed by atoms with Gasteiger partial charge in [-0.1, -0.05) is 28.1 Å². The molecule has 0 saturated heterocycles. The summed E-state index contributed by atoms with van der Waals surface area (Å²) in [6, 6.07) is 0. The molecule has 0 aromatic carbocycles. The van der Waals surface area contributed by atoms with Gasteiger partial charge in [-0.2, -0.15) is 8.42 Å². The van der Waals surface area contributed by atoms with Gasteiger partial charge in [0.15, 0.2) is 0 Å². The zero-order chi connectivity index (χ0) is 11.7. The smallest absolute Gasteiger partial charge is 0.265 e. The summed E-state index contributed by atoms with van der Waals surface area (Å²) in [6.45, 7) is 3.74. The lowest BCUT2D eigenvalue weighted by Gasteiger charge is -2.21. The average Bonchev–Trinajstić information content (AvgIpc) is 2.82. The van der Waals surface area contributed by atoms with Crippen LogP contribution in [0, 0.1) is 0 Å². The third-order valence-corrected chi connectivity index (χ3v) is 3.77. The zero-order valence-corrected chi connectivity index (χ0v) is 11.0. The minimum atomic E-state index is -3.51. The van der Waals surface area contributed by atoms with Crippen molar-refractivity contribution in [3.63, 3.8) is 0 Å². The molecule has 1 rings (SSSR count). The fourth-order valence-electron chi connectivity index (χ4n) is 1.41. The van der Waals surface area contributed by atoms with Crippen LogP contribution in [-0.2, 0) is 14.3 Å². The molecule has 4 nitrogen and oxygen atoms in total. The first kappa shape index (κ1) is 13.2. The van der Waals surface area contributed by atoms with Gasteiger partial charge in [-0.15, -0.1) is 0 Å². The van der Waals surface area contributed by atoms with Gasteiger partial charge in [0.1, 0.15) is 5.60 Å². The summed E-state index contributed by atoms with van der Waals surface area (Å²) in [6.07, 6.45) is 1.73. The summed E-state index contributed by atoms with van der Waals surface area (Å²) in [5, 5.41) is 10.4. The lowest BCUT2D eigenvalue weighted by molar-refractivity contribution is 0.0230. The van der Waals surface area contributed by atoms with E-state index in [-0.39, 0.29) is 0 Å². The van der Waals surface area contributed by atoms with Gasteiger partial charge in [0.05, 0.1) is 12.4 Å². The number of halogens is 1. The quantitative estimate of drug-likeness (QED) is 0.455. The van der Waals surface area contributed by atoms with Gasteiger partial charge in [0.2, 0.25) is 0 Å². The fourth-order valence-corrected chi connectivity index (χ4v) is 2.52. The zero-order valence-electron chi connectivity index (χ0n) is 8.57. The largest absolute Gasteiger partial charge is 0.390 e. The molecular formula is C9H15BrO4S. The topological polar surface area (TPSA) is 63.6 Å². The summed E-state index contributed by atoms with van der Waals surface area (Å²) >= 11 is 3.22. The highest BCUT2D eigenvalue weighted by atomic mass is 79.9. The molecule has 0 amide bonds. The van der Waals surface area contributed by atoms with Crippen molar-refractivity contribution < 1.29 is 17.7 Å². The van der Waals surface area contributed by atoms with Crippen LogP contribution >= 0.6 is 15.9 Å². The average molecular weight is 299 g/mol. The molecule has 15 heavy (non-hydrogen) atoms. The number of alkyl halides is 1. The highest BCUT2D eigenvalue weighted by Gasteiger charge is 2.52. The molecule has 0 aliphatic heterocycles. The van der Waals surface area contributed by atoms with Gasteiger partial charge in [0.25, 0.3) is 10.1 Å². The van der Waals surface area contributed by atoms with Crippen LogP contribution in [0.15, 0.2) is 12.2 Å². The lowest BCUT2D eigenvalue weighted by Crippen LogP contribution is -2.33. The molecule has 0 spiro atoms. The molecule has 0 bridgehead atoms. The third kappa shape index (κ3) is 3.86. The minimum absolute atomic E-state index is 0.362. The predicted molar refractivity (Wildman–Crippen MR) is 61.5 cm³/mol. The molecule has 0 aromatic heterocycles. The second-order valence-corrected chi connectivity index (χ2v) is 6.09. The molecule has 1 aliphatic carbocycles. The van der Waals surface area contributed by atoms with Gasteiger partial charge in [-0.25, -0.2) is 0 Å². The first-order valence-corrected chi connectivity index (χ1v) is 7.54. The van der Waals surface area contributed by atoms with Crippen molar-refractivity contribution >= 4 is 26.0 Å². The second-order valence-electron chi connectivity index (χ2n) is 3.96. The van der Waals surface area contributed by atoms with E-state index in [2.05, 4.69) is 22.5 Å². The molecule has 1 fully saturated rings. The molecular weight excluding hydrogens is 284 g/mol. The van der Waals surface area contributed by atoms with Gasteiger partial charge in [-0.05, 0) is 19.3 Å². The second kappa shape index (κ2) is 4.53. The van der Waals surface area contributed by atoms with Crippen LogP contribution < -0.4 is 0 Å². The Labute approximate surface area is 98.6 Å². The maximum atomic E-state index is 11.0. The fraction of sp³-hybridized carbons (Fsp3) is 0.778. The molecule has 0 heterocycles. The first-order chi connectivity index (χ1) is 6.79. The molecule has 1 N–H and O–H groups in total. The molecule has 0 aromatic rings. The molecule has 1 saturated carbocycles. The van der Waals surface area contributed by atoms with Crippen molar-refractivity contribution in [1.82, 2.24) is 0 Å². The summed E-state index contributed by atoms with van der Waals surface area (Å²) in [5.41, 5.74) is -0.0653. The van der Waals surface area contributed by atoms with Crippen LogP contribution in [0.4, 0.5) is 0 Å². The SMILES string of the molecule is C=C(CBr)C[C@@H](O)C1(OS(C)(=O)=O)CC1. The van der Waals surface area contributed by atoms with E-state index in [1.54, 1.807) is 0 Å². The maximum absolute atomic E-state index is 11.0. The van der Waals surface area contributed by atoms with Crippen LogP contribution in [0.2, 0.25) is 0 Å². The molecule has 88 valence electrons. The van der Waals surface area contributed by atoms with E-state index < -0.39 is 21.8 Å². The van der Waals surface area contributed by atoms with E-state index in [0.29, 0.717) is 24.6 Å². The number of aliphatic hydroxyl groups excluding tert-OH is 1. The summed E-state index contributed by atoms with van der Waals surface area (Å²) in [4.78, 5) is 0. The molecule has 6 heteroatoms. The molecule has 1 aliphatic rings. The van der Waals surface area contributed by atoms with Crippen LogP contribution in [0.25, 0.3) is 0 Å². The van der Waals surface area contributed by atoms with Gasteiger partial charge in [0, 0.05) is 5.33 Å². The Kier molecular flexibility index (Phi) is 3.97. The normalized spacial score (nSPS) is 21.0. The lowest BCUT2D eigenvalue weighted by atomic mass is 10.1. The van der Waals surface area contributed by atoms with Crippen molar-refractivity contribution in [1.29, 1.82) is 0 Å². The van der Waals surface area contributed by atoms with Crippen LogP contribution in [0.1, 0.15) is 19.3 Å². The van der Waals surface area contributed by atoms with Crippen molar-refractivity contribution in [2.45, 2.75) is 31.0 Å². The van der Waals surface area contributed by atoms with Crippen LogP contribution in [0.5, 0.6) is 0 Å². The highest BCUT2D eigenvalue weighted by molar-refractivity contribution is 9.09. The van der Waals surface area contributed by atoms with Crippen molar-refractivity contribution in [2.24, 2.45) is 0 Å². The minimum Gasteiger partial charge on any atom is -0.390 e. The number of aliphatic hydroxyl groups is 1. The molecule has 0 radical (unpaired) electrons. The van der Waals surface area contributed by atoms with E-state index in [1.165, 1.54) is 0 Å². The Bertz CT molecular complexity index is 345. The van der Waals surface area contributed by atoms with E-state index in [1.807, 2.05) is 0 Å². The van der Waals surface area contributed by atoms with E-state index in [4.69, 9.17) is 4.18 Å². The first-order valence-electron chi connectivity index (χ1n) is 4.60. The summed E-state index contributed by atoms with van der Waals surface area (Å²) in [5.74, 6) is 0. The Morgan fingerprint density at radius 2 is 2.20 bits per heavy atom. The van der Waals surface area contributed by atoms with Crippen LogP contribution in [-0.4, -0.2) is 36.8 Å². The van der Waals surface area contributed by atoms with E-state index >= 15 is 0 Å². The van der Waals surface area contributed by atoms with Gasteiger partial charge >= 0.3 is 0 Å². The van der Waals surface area contributed by atoms with E-state index in [0.717, 1.165) is 11.8 Å². The predicted octanol–water partition coefficient (Wildman–Crippen LogP) is 1.20. The molecule has 0 unspecified atom stereocenters. The van der Waals surface area contributed by atoms with Crippen molar-refractivity contribution in [3.05, 3.63) is 12.2 Å². The van der Waals surface area contributed by atoms with Gasteiger partial charge < -0.3 is 5.11 Å². The Morgan fingerprint density at radius 1 is 1.67 bits per heavy atom. The number of hydrogen-bond donors (Lipinski definition) is 1. The van der Waals surface area contributed by atoms with Crippen molar-refractivity contribution in [2.75, 3.05) is 11.6 Å². The van der Waals surface area contributed by atoms with Crippen LogP contribution in [0.3, 0.4) is 0 Å². The summed E-state index contributed by atoms with van der Waals surface area (Å²) < 4.78 is 26.9. The van der Waals surface area contributed by atoms with E-state index in [9.17, 15) is 13.5 Å². The molecule has 1 atom stereocenters.